The molecule has 1 atom stereocenters. The molecule has 1 unspecified atom stereocenters. The first-order valence-electron chi connectivity index (χ1n) is 11.7. The third-order valence-corrected chi connectivity index (χ3v) is 7.50. The molecule has 0 aliphatic carbocycles. The Labute approximate surface area is 221 Å². The zero-order valence-electron chi connectivity index (χ0n) is 19.4. The van der Waals surface area contributed by atoms with E-state index in [1.165, 1.54) is 17.0 Å². The molecule has 0 spiro atoms. The molecule has 2 aliphatic heterocycles. The molecule has 10 heteroatoms. The lowest BCUT2D eigenvalue weighted by atomic mass is 9.92. The van der Waals surface area contributed by atoms with Crippen LogP contribution < -0.4 is 14.8 Å². The summed E-state index contributed by atoms with van der Waals surface area (Å²) in [5.41, 5.74) is 3.83. The van der Waals surface area contributed by atoms with Crippen molar-refractivity contribution in [3.63, 3.8) is 0 Å². The highest BCUT2D eigenvalue weighted by Gasteiger charge is 2.35. The Morgan fingerprint density at radius 2 is 1.89 bits per heavy atom. The highest BCUT2D eigenvalue weighted by Crippen LogP contribution is 2.42. The van der Waals surface area contributed by atoms with E-state index < -0.39 is 11.7 Å². The second-order valence-electron chi connectivity index (χ2n) is 8.99. The standard InChI is InChI=1S/C27H21ClF3N3O2S/c28-20-7-5-15(11-19(20)27(29,30)31)13-32-26(37)34-10-9-18-17-3-1-2-4-21(17)33-24(18)25(34)16-6-8-22-23(12-16)36-14-35-22/h1-8,11-12,25,33H,9-10,13-14H2,(H,32,37). The third-order valence-electron chi connectivity index (χ3n) is 6.79. The zero-order chi connectivity index (χ0) is 25.7. The Balaban J connectivity index is 1.33. The number of H-pyrrole nitrogens is 1. The predicted octanol–water partition coefficient (Wildman–Crippen LogP) is 6.59. The number of thiocarbonyl (C=S) groups is 1. The van der Waals surface area contributed by atoms with E-state index in [1.807, 2.05) is 36.4 Å². The first-order valence-corrected chi connectivity index (χ1v) is 12.5. The number of aromatic amines is 1. The summed E-state index contributed by atoms with van der Waals surface area (Å²) < 4.78 is 51.1. The summed E-state index contributed by atoms with van der Waals surface area (Å²) in [7, 11) is 0. The number of ether oxygens (including phenoxy) is 2. The van der Waals surface area contributed by atoms with Crippen molar-refractivity contribution in [3.8, 4) is 11.5 Å². The van der Waals surface area contributed by atoms with Gasteiger partial charge in [0.25, 0.3) is 0 Å². The van der Waals surface area contributed by atoms with Gasteiger partial charge in [0.2, 0.25) is 6.79 Å². The largest absolute Gasteiger partial charge is 0.454 e. The van der Waals surface area contributed by atoms with E-state index in [-0.39, 0.29) is 24.4 Å². The van der Waals surface area contributed by atoms with E-state index in [1.54, 1.807) is 6.07 Å². The molecule has 3 heterocycles. The Bertz CT molecular complexity index is 1520. The maximum absolute atomic E-state index is 13.3. The number of rotatable bonds is 3. The number of nitrogens with zero attached hydrogens (tertiary/aromatic N) is 1. The maximum atomic E-state index is 13.3. The molecule has 0 amide bonds. The van der Waals surface area contributed by atoms with E-state index in [9.17, 15) is 13.2 Å². The third kappa shape index (κ3) is 4.36. The van der Waals surface area contributed by atoms with Crippen molar-refractivity contribution in [3.05, 3.63) is 93.6 Å². The Hall–Kier alpha value is -3.43. The van der Waals surface area contributed by atoms with Crippen LogP contribution in [-0.4, -0.2) is 28.3 Å². The van der Waals surface area contributed by atoms with E-state index in [0.717, 1.165) is 29.3 Å². The van der Waals surface area contributed by atoms with Crippen LogP contribution in [0.15, 0.2) is 60.7 Å². The number of fused-ring (bicyclic) bond motifs is 4. The van der Waals surface area contributed by atoms with Gasteiger partial charge in [-0.2, -0.15) is 13.2 Å². The molecule has 6 rings (SSSR count). The van der Waals surface area contributed by atoms with Gasteiger partial charge in [0.15, 0.2) is 16.6 Å². The lowest BCUT2D eigenvalue weighted by Crippen LogP contribution is -2.45. The zero-order valence-corrected chi connectivity index (χ0v) is 20.9. The van der Waals surface area contributed by atoms with E-state index >= 15 is 0 Å². The number of alkyl halides is 3. The van der Waals surface area contributed by atoms with Gasteiger partial charge in [-0.25, -0.2) is 0 Å². The second kappa shape index (κ2) is 9.15. The van der Waals surface area contributed by atoms with Gasteiger partial charge in [-0.3, -0.25) is 0 Å². The molecule has 190 valence electrons. The summed E-state index contributed by atoms with van der Waals surface area (Å²) in [4.78, 5) is 5.64. The number of hydrogen-bond acceptors (Lipinski definition) is 3. The summed E-state index contributed by atoms with van der Waals surface area (Å²) >= 11 is 11.6. The smallest absolute Gasteiger partial charge is 0.417 e. The first kappa shape index (κ1) is 23.9. The number of halogens is 4. The Kier molecular flexibility index (Phi) is 5.92. The molecular formula is C27H21ClF3N3O2S. The van der Waals surface area contributed by atoms with Crippen LogP contribution >= 0.6 is 23.8 Å². The lowest BCUT2D eigenvalue weighted by molar-refractivity contribution is -0.137. The summed E-state index contributed by atoms with van der Waals surface area (Å²) in [5, 5.41) is 4.44. The Morgan fingerprint density at radius 1 is 1.08 bits per heavy atom. The highest BCUT2D eigenvalue weighted by atomic mass is 35.5. The van der Waals surface area contributed by atoms with Crippen LogP contribution in [0.3, 0.4) is 0 Å². The van der Waals surface area contributed by atoms with Crippen molar-refractivity contribution in [2.24, 2.45) is 0 Å². The molecule has 37 heavy (non-hydrogen) atoms. The van der Waals surface area contributed by atoms with E-state index in [4.69, 9.17) is 33.3 Å². The van der Waals surface area contributed by atoms with Crippen LogP contribution in [0, 0.1) is 0 Å². The molecule has 3 aromatic carbocycles. The van der Waals surface area contributed by atoms with Gasteiger partial charge in [-0.15, -0.1) is 0 Å². The van der Waals surface area contributed by atoms with Crippen molar-refractivity contribution in [1.82, 2.24) is 15.2 Å². The molecule has 1 aromatic heterocycles. The maximum Gasteiger partial charge on any atom is 0.417 e. The number of para-hydroxylation sites is 1. The number of hydrogen-bond donors (Lipinski definition) is 2. The van der Waals surface area contributed by atoms with Crippen molar-refractivity contribution in [1.29, 1.82) is 0 Å². The average Bonchev–Trinajstić information content (AvgIpc) is 3.50. The molecule has 2 N–H and O–H groups in total. The Morgan fingerprint density at radius 3 is 2.73 bits per heavy atom. The van der Waals surface area contributed by atoms with Crippen molar-refractivity contribution < 1.29 is 22.6 Å². The molecule has 0 radical (unpaired) electrons. The van der Waals surface area contributed by atoms with Crippen LogP contribution in [0.4, 0.5) is 13.2 Å². The van der Waals surface area contributed by atoms with Crippen LogP contribution in [0.5, 0.6) is 11.5 Å². The fourth-order valence-electron chi connectivity index (χ4n) is 5.07. The van der Waals surface area contributed by atoms with Gasteiger partial charge in [0, 0.05) is 29.7 Å². The van der Waals surface area contributed by atoms with Crippen molar-refractivity contribution in [2.75, 3.05) is 13.3 Å². The first-order chi connectivity index (χ1) is 17.8. The van der Waals surface area contributed by atoms with Gasteiger partial charge in [0.05, 0.1) is 16.6 Å². The molecule has 0 saturated carbocycles. The number of benzene rings is 3. The summed E-state index contributed by atoms with van der Waals surface area (Å²) in [5.74, 6) is 1.35. The molecule has 5 nitrogen and oxygen atoms in total. The quantitative estimate of drug-likeness (QED) is 0.285. The van der Waals surface area contributed by atoms with E-state index in [2.05, 4.69) is 21.3 Å². The summed E-state index contributed by atoms with van der Waals surface area (Å²) in [6.45, 7) is 0.934. The minimum absolute atomic E-state index is 0.128. The van der Waals surface area contributed by atoms with E-state index in [0.29, 0.717) is 28.7 Å². The highest BCUT2D eigenvalue weighted by molar-refractivity contribution is 7.80. The number of nitrogens with one attached hydrogen (secondary N) is 2. The summed E-state index contributed by atoms with van der Waals surface area (Å²) in [6, 6.07) is 17.6. The van der Waals surface area contributed by atoms with Crippen LogP contribution in [0.25, 0.3) is 10.9 Å². The lowest BCUT2D eigenvalue weighted by Gasteiger charge is -2.38. The van der Waals surface area contributed by atoms with Gasteiger partial charge in [-0.1, -0.05) is 41.9 Å². The van der Waals surface area contributed by atoms with Crippen LogP contribution in [0.1, 0.15) is 34.0 Å². The predicted molar refractivity (Wildman–Crippen MR) is 139 cm³/mol. The number of aromatic nitrogens is 1. The fraction of sp³-hybridized carbons (Fsp3) is 0.222. The van der Waals surface area contributed by atoms with Crippen molar-refractivity contribution >= 4 is 39.8 Å². The topological polar surface area (TPSA) is 49.5 Å². The fourth-order valence-corrected chi connectivity index (χ4v) is 5.56. The van der Waals surface area contributed by atoms with Crippen molar-refractivity contribution in [2.45, 2.75) is 25.2 Å². The van der Waals surface area contributed by atoms with Gasteiger partial charge in [0.1, 0.15) is 0 Å². The van der Waals surface area contributed by atoms with Gasteiger partial charge < -0.3 is 24.7 Å². The molecule has 4 aromatic rings. The minimum atomic E-state index is -4.53. The van der Waals surface area contributed by atoms with Crippen LogP contribution in [0.2, 0.25) is 5.02 Å². The molecular weight excluding hydrogens is 523 g/mol. The molecule has 2 aliphatic rings. The molecule has 0 bridgehead atoms. The molecule has 0 saturated heterocycles. The normalized spacial score (nSPS) is 16.6. The monoisotopic (exact) mass is 543 g/mol. The average molecular weight is 544 g/mol. The summed E-state index contributed by atoms with van der Waals surface area (Å²) in [6.07, 6.45) is -3.77. The second-order valence-corrected chi connectivity index (χ2v) is 9.79. The van der Waals surface area contributed by atoms with Gasteiger partial charge >= 0.3 is 6.18 Å². The van der Waals surface area contributed by atoms with Crippen LogP contribution in [-0.2, 0) is 19.1 Å². The minimum Gasteiger partial charge on any atom is -0.454 e. The molecule has 0 fully saturated rings. The SMILES string of the molecule is FC(F)(F)c1cc(CNC(=S)N2CCc3c([nH]c4ccccc34)C2c2ccc3c(c2)OCO3)ccc1Cl. The van der Waals surface area contributed by atoms with Gasteiger partial charge in [-0.05, 0) is 65.7 Å².